The van der Waals surface area contributed by atoms with Gasteiger partial charge in [0.05, 0.1) is 21.7 Å². The Morgan fingerprint density at radius 3 is 2.80 bits per heavy atom. The topological polar surface area (TPSA) is 47.6 Å². The molecule has 1 aromatic heterocycles. The van der Waals surface area contributed by atoms with Crippen molar-refractivity contribution in [1.29, 1.82) is 0 Å². The highest BCUT2D eigenvalue weighted by Crippen LogP contribution is 2.25. The highest BCUT2D eigenvalue weighted by molar-refractivity contribution is 14.1. The quantitative estimate of drug-likeness (QED) is 0.799. The zero-order valence-electron chi connectivity index (χ0n) is 10.5. The average molecular weight is 401 g/mol. The summed E-state index contributed by atoms with van der Waals surface area (Å²) in [5, 5.41) is 4.74. The van der Waals surface area contributed by atoms with Crippen molar-refractivity contribution in [2.75, 3.05) is 18.5 Å². The van der Waals surface area contributed by atoms with E-state index in [1.165, 1.54) is 0 Å². The summed E-state index contributed by atoms with van der Waals surface area (Å²) in [6, 6.07) is 9.42. The third kappa shape index (κ3) is 3.20. The molecule has 1 fully saturated rings. The fraction of sp³-hybridized carbons (Fsp3) is 0.214. The largest absolute Gasteiger partial charge is 0.346 e. The van der Waals surface area contributed by atoms with E-state index in [0.717, 1.165) is 14.1 Å². The smallest absolute Gasteiger partial charge is 0.256 e. The first-order chi connectivity index (χ1) is 9.72. The molecule has 0 aliphatic carbocycles. The zero-order chi connectivity index (χ0) is 13.9. The Morgan fingerprint density at radius 1 is 1.30 bits per heavy atom. The van der Waals surface area contributed by atoms with Crippen LogP contribution in [0, 0.1) is 2.88 Å². The van der Waals surface area contributed by atoms with Crippen molar-refractivity contribution in [2.45, 2.75) is 6.29 Å². The lowest BCUT2D eigenvalue weighted by molar-refractivity contribution is -0.0440. The Bertz CT molecular complexity index is 622. The first-order valence-corrected chi connectivity index (χ1v) is 8.07. The van der Waals surface area contributed by atoms with Gasteiger partial charge >= 0.3 is 0 Å². The summed E-state index contributed by atoms with van der Waals surface area (Å²) in [4.78, 5) is 12.1. The molecule has 1 aromatic carbocycles. The molecule has 0 radical (unpaired) electrons. The standard InChI is InChI=1S/C14H12INO3S/c15-12-7-10(8-20-12)13(17)16-11-3-1-2-9(6-11)14-18-4-5-19-14/h1-3,6-8,14H,4-5H2,(H,16,17). The van der Waals surface area contributed by atoms with Gasteiger partial charge in [0.25, 0.3) is 5.91 Å². The molecule has 1 aliphatic rings. The molecule has 0 unspecified atom stereocenters. The van der Waals surface area contributed by atoms with Crippen LogP contribution >= 0.6 is 33.9 Å². The van der Waals surface area contributed by atoms with Crippen LogP contribution in [0.2, 0.25) is 0 Å². The maximum atomic E-state index is 12.1. The average Bonchev–Trinajstić information content (AvgIpc) is 3.10. The van der Waals surface area contributed by atoms with Crippen molar-refractivity contribution in [3.63, 3.8) is 0 Å². The number of nitrogens with one attached hydrogen (secondary N) is 1. The fourth-order valence-corrected chi connectivity index (χ4v) is 3.27. The molecule has 4 nitrogen and oxygen atoms in total. The normalized spacial score (nSPS) is 15.4. The number of carbonyl (C=O) groups excluding carboxylic acids is 1. The molecule has 6 heteroatoms. The van der Waals surface area contributed by atoms with E-state index in [0.29, 0.717) is 18.8 Å². The van der Waals surface area contributed by atoms with Gasteiger partial charge in [-0.1, -0.05) is 12.1 Å². The fourth-order valence-electron chi connectivity index (χ4n) is 1.95. The summed E-state index contributed by atoms with van der Waals surface area (Å²) in [5.74, 6) is -0.102. The maximum Gasteiger partial charge on any atom is 0.256 e. The van der Waals surface area contributed by atoms with E-state index in [4.69, 9.17) is 9.47 Å². The lowest BCUT2D eigenvalue weighted by Crippen LogP contribution is -2.11. The van der Waals surface area contributed by atoms with Gasteiger partial charge in [0.2, 0.25) is 0 Å². The van der Waals surface area contributed by atoms with Gasteiger partial charge < -0.3 is 14.8 Å². The van der Waals surface area contributed by atoms with Crippen molar-refractivity contribution < 1.29 is 14.3 Å². The van der Waals surface area contributed by atoms with Gasteiger partial charge in [-0.3, -0.25) is 4.79 Å². The monoisotopic (exact) mass is 401 g/mol. The summed E-state index contributed by atoms with van der Waals surface area (Å²) in [5.41, 5.74) is 2.34. The Hall–Kier alpha value is -0.960. The lowest BCUT2D eigenvalue weighted by Gasteiger charge is -2.11. The number of hydrogen-bond donors (Lipinski definition) is 1. The number of carbonyl (C=O) groups is 1. The van der Waals surface area contributed by atoms with Crippen molar-refractivity contribution in [3.8, 4) is 0 Å². The van der Waals surface area contributed by atoms with Gasteiger partial charge in [-0.2, -0.15) is 0 Å². The van der Waals surface area contributed by atoms with E-state index in [1.54, 1.807) is 11.3 Å². The van der Waals surface area contributed by atoms with Crippen LogP contribution in [0.5, 0.6) is 0 Å². The molecule has 1 amide bonds. The van der Waals surface area contributed by atoms with Gasteiger partial charge in [0.15, 0.2) is 6.29 Å². The molecule has 20 heavy (non-hydrogen) atoms. The van der Waals surface area contributed by atoms with Crippen LogP contribution in [0.3, 0.4) is 0 Å². The van der Waals surface area contributed by atoms with Crippen LogP contribution in [0.1, 0.15) is 22.2 Å². The van der Waals surface area contributed by atoms with E-state index < -0.39 is 0 Å². The van der Waals surface area contributed by atoms with Crippen LogP contribution in [0.25, 0.3) is 0 Å². The number of ether oxygens (including phenoxy) is 2. The summed E-state index contributed by atoms with van der Waals surface area (Å²) < 4.78 is 12.0. The van der Waals surface area contributed by atoms with E-state index in [2.05, 4.69) is 27.9 Å². The number of benzene rings is 1. The molecule has 0 atom stereocenters. The molecule has 2 aromatic rings. The Morgan fingerprint density at radius 2 is 2.10 bits per heavy atom. The van der Waals surface area contributed by atoms with Crippen LogP contribution in [-0.4, -0.2) is 19.1 Å². The van der Waals surface area contributed by atoms with Crippen molar-refractivity contribution in [1.82, 2.24) is 0 Å². The maximum absolute atomic E-state index is 12.1. The second-order valence-electron chi connectivity index (χ2n) is 4.29. The number of hydrogen-bond acceptors (Lipinski definition) is 4. The predicted octanol–water partition coefficient (Wildman–Crippen LogP) is 3.65. The first-order valence-electron chi connectivity index (χ1n) is 6.11. The molecular formula is C14H12INO3S. The van der Waals surface area contributed by atoms with Gasteiger partial charge in [0, 0.05) is 16.6 Å². The van der Waals surface area contributed by atoms with Crippen LogP contribution in [0.15, 0.2) is 35.7 Å². The number of halogens is 1. The minimum Gasteiger partial charge on any atom is -0.346 e. The molecular weight excluding hydrogens is 389 g/mol. The van der Waals surface area contributed by atoms with Crippen LogP contribution in [0.4, 0.5) is 5.69 Å². The Kier molecular flexibility index (Phi) is 4.35. The zero-order valence-corrected chi connectivity index (χ0v) is 13.4. The van der Waals surface area contributed by atoms with E-state index in [-0.39, 0.29) is 12.2 Å². The Balaban J connectivity index is 1.74. The second kappa shape index (κ2) is 6.21. The number of thiophene rings is 1. The third-order valence-corrected chi connectivity index (χ3v) is 4.66. The predicted molar refractivity (Wildman–Crippen MR) is 86.1 cm³/mol. The SMILES string of the molecule is O=C(Nc1cccc(C2OCCO2)c1)c1csc(I)c1. The summed E-state index contributed by atoms with van der Waals surface area (Å²) in [6.45, 7) is 1.21. The van der Waals surface area contributed by atoms with Gasteiger partial charge in [-0.15, -0.1) is 11.3 Å². The molecule has 0 bridgehead atoms. The highest BCUT2D eigenvalue weighted by atomic mass is 127. The molecule has 0 spiro atoms. The molecule has 1 N–H and O–H groups in total. The molecule has 1 saturated heterocycles. The minimum atomic E-state index is -0.325. The molecule has 2 heterocycles. The van der Waals surface area contributed by atoms with Crippen molar-refractivity contribution >= 4 is 45.5 Å². The molecule has 104 valence electrons. The summed E-state index contributed by atoms with van der Waals surface area (Å²) in [7, 11) is 0. The van der Waals surface area contributed by atoms with Crippen LogP contribution in [-0.2, 0) is 9.47 Å². The summed E-state index contributed by atoms with van der Waals surface area (Å²) >= 11 is 3.75. The van der Waals surface area contributed by atoms with Crippen molar-refractivity contribution in [3.05, 3.63) is 49.7 Å². The highest BCUT2D eigenvalue weighted by Gasteiger charge is 2.18. The van der Waals surface area contributed by atoms with Gasteiger partial charge in [-0.05, 0) is 40.8 Å². The third-order valence-electron chi connectivity index (χ3n) is 2.87. The van der Waals surface area contributed by atoms with Gasteiger partial charge in [-0.25, -0.2) is 0 Å². The number of rotatable bonds is 3. The van der Waals surface area contributed by atoms with E-state index in [1.807, 2.05) is 35.7 Å². The lowest BCUT2D eigenvalue weighted by atomic mass is 10.2. The number of amides is 1. The second-order valence-corrected chi connectivity index (χ2v) is 7.10. The molecule has 1 aliphatic heterocycles. The molecule has 3 rings (SSSR count). The van der Waals surface area contributed by atoms with E-state index in [9.17, 15) is 4.79 Å². The molecule has 0 saturated carbocycles. The first kappa shape index (κ1) is 14.0. The summed E-state index contributed by atoms with van der Waals surface area (Å²) in [6.07, 6.45) is -0.325. The van der Waals surface area contributed by atoms with Gasteiger partial charge in [0.1, 0.15) is 0 Å². The number of anilines is 1. The minimum absolute atomic E-state index is 0.102. The Labute approximate surface area is 134 Å². The van der Waals surface area contributed by atoms with Crippen molar-refractivity contribution in [2.24, 2.45) is 0 Å². The van der Waals surface area contributed by atoms with E-state index >= 15 is 0 Å². The van der Waals surface area contributed by atoms with Crippen LogP contribution < -0.4 is 5.32 Å².